The number of aromatic amines is 1. The Labute approximate surface area is 198 Å². The Morgan fingerprint density at radius 2 is 1.85 bits per heavy atom. The Kier molecular flexibility index (Phi) is 7.30. The number of nitrogens with one attached hydrogen (secondary N) is 3. The number of unbranched alkanes of at least 4 members (excludes halogenated alkanes) is 1. The van der Waals surface area contributed by atoms with E-state index in [4.69, 9.17) is 4.74 Å². The van der Waals surface area contributed by atoms with Crippen LogP contribution < -0.4 is 16.2 Å². The van der Waals surface area contributed by atoms with Gasteiger partial charge in [0.1, 0.15) is 0 Å². The summed E-state index contributed by atoms with van der Waals surface area (Å²) in [5.74, 6) is -0.498. The van der Waals surface area contributed by atoms with Gasteiger partial charge >= 0.3 is 0 Å². The van der Waals surface area contributed by atoms with E-state index in [2.05, 4.69) is 22.5 Å². The standard InChI is InChI=1S/C24H28N4O5S/c1-2-3-10-25-21-9-8-17(34(31,32)28-11-13-33-14-12-28)15-22(21)27-24(30)19-16-23(29)26-20-7-5-4-6-18(19)20/h4-9,15-16,25H,2-3,10-14H2,1H3,(H,26,29)(H,27,30). The average molecular weight is 485 g/mol. The van der Waals surface area contributed by atoms with Gasteiger partial charge in [-0.15, -0.1) is 0 Å². The average Bonchev–Trinajstić information content (AvgIpc) is 2.85. The fraction of sp³-hybridized carbons (Fsp3) is 0.333. The normalized spacial score (nSPS) is 14.7. The van der Waals surface area contributed by atoms with E-state index in [1.807, 2.05) is 0 Å². The fourth-order valence-corrected chi connectivity index (χ4v) is 5.29. The first-order valence-electron chi connectivity index (χ1n) is 11.3. The molecule has 0 aliphatic carbocycles. The highest BCUT2D eigenvalue weighted by atomic mass is 32.2. The number of hydrogen-bond donors (Lipinski definition) is 3. The van der Waals surface area contributed by atoms with Crippen molar-refractivity contribution in [3.8, 4) is 0 Å². The van der Waals surface area contributed by atoms with E-state index in [9.17, 15) is 18.0 Å². The summed E-state index contributed by atoms with van der Waals surface area (Å²) < 4.78 is 33.0. The number of carbonyl (C=O) groups excluding carboxylic acids is 1. The summed E-state index contributed by atoms with van der Waals surface area (Å²) in [6, 6.07) is 12.9. The number of morpholine rings is 1. The minimum atomic E-state index is -3.75. The predicted octanol–water partition coefficient (Wildman–Crippen LogP) is 3.01. The van der Waals surface area contributed by atoms with Crippen LogP contribution in [0.1, 0.15) is 30.1 Å². The van der Waals surface area contributed by atoms with Crippen LogP contribution in [0.2, 0.25) is 0 Å². The van der Waals surface area contributed by atoms with Gasteiger partial charge in [0.05, 0.1) is 35.0 Å². The Morgan fingerprint density at radius 3 is 2.62 bits per heavy atom. The maximum Gasteiger partial charge on any atom is 0.256 e. The van der Waals surface area contributed by atoms with Gasteiger partial charge in [0.2, 0.25) is 15.6 Å². The molecule has 0 saturated carbocycles. The van der Waals surface area contributed by atoms with Crippen LogP contribution >= 0.6 is 0 Å². The summed E-state index contributed by atoms with van der Waals surface area (Å²) in [7, 11) is -3.75. The largest absolute Gasteiger partial charge is 0.383 e. The number of pyridine rings is 1. The van der Waals surface area contributed by atoms with Gasteiger partial charge in [0.25, 0.3) is 5.91 Å². The molecule has 1 saturated heterocycles. The third-order valence-corrected chi connectivity index (χ3v) is 7.58. The third kappa shape index (κ3) is 5.14. The van der Waals surface area contributed by atoms with Crippen molar-refractivity contribution >= 4 is 38.2 Å². The van der Waals surface area contributed by atoms with Gasteiger partial charge in [-0.1, -0.05) is 31.5 Å². The van der Waals surface area contributed by atoms with E-state index in [-0.39, 0.29) is 23.5 Å². The Bertz CT molecular complexity index is 1350. The van der Waals surface area contributed by atoms with E-state index in [0.717, 1.165) is 12.8 Å². The van der Waals surface area contributed by atoms with Crippen LogP contribution in [0.3, 0.4) is 0 Å². The number of fused-ring (bicyclic) bond motifs is 1. The number of ether oxygens (including phenoxy) is 1. The molecule has 0 atom stereocenters. The lowest BCUT2D eigenvalue weighted by Gasteiger charge is -2.26. The van der Waals surface area contributed by atoms with Crippen molar-refractivity contribution < 1.29 is 17.9 Å². The lowest BCUT2D eigenvalue weighted by molar-refractivity contribution is 0.0730. The number of hydrogen-bond acceptors (Lipinski definition) is 6. The molecule has 180 valence electrons. The number of anilines is 2. The smallest absolute Gasteiger partial charge is 0.256 e. The van der Waals surface area contributed by atoms with Crippen molar-refractivity contribution in [1.82, 2.24) is 9.29 Å². The van der Waals surface area contributed by atoms with Crippen molar-refractivity contribution in [2.24, 2.45) is 0 Å². The maximum absolute atomic E-state index is 13.3. The van der Waals surface area contributed by atoms with E-state index in [1.54, 1.807) is 30.3 Å². The minimum absolute atomic E-state index is 0.0847. The van der Waals surface area contributed by atoms with Gasteiger partial charge in [-0.25, -0.2) is 8.42 Å². The van der Waals surface area contributed by atoms with Crippen LogP contribution in [0.25, 0.3) is 10.9 Å². The number of aromatic nitrogens is 1. The molecule has 34 heavy (non-hydrogen) atoms. The number of sulfonamides is 1. The van der Waals surface area contributed by atoms with Gasteiger partial charge in [0.15, 0.2) is 0 Å². The molecule has 0 radical (unpaired) electrons. The third-order valence-electron chi connectivity index (χ3n) is 5.69. The number of amides is 1. The molecule has 1 amide bonds. The van der Waals surface area contributed by atoms with Crippen LogP contribution in [0.4, 0.5) is 11.4 Å². The van der Waals surface area contributed by atoms with E-state index < -0.39 is 21.5 Å². The Morgan fingerprint density at radius 1 is 1.09 bits per heavy atom. The maximum atomic E-state index is 13.3. The monoisotopic (exact) mass is 484 g/mol. The molecule has 9 nitrogen and oxygen atoms in total. The van der Waals surface area contributed by atoms with Gasteiger partial charge in [0, 0.05) is 36.6 Å². The van der Waals surface area contributed by atoms with Gasteiger partial charge in [-0.05, 0) is 30.7 Å². The molecule has 1 aliphatic rings. The number of rotatable bonds is 8. The van der Waals surface area contributed by atoms with Gasteiger partial charge in [-0.3, -0.25) is 9.59 Å². The van der Waals surface area contributed by atoms with Crippen molar-refractivity contribution in [1.29, 1.82) is 0 Å². The summed E-state index contributed by atoms with van der Waals surface area (Å²) in [6.45, 7) is 3.98. The first kappa shape index (κ1) is 23.9. The molecular weight excluding hydrogens is 456 g/mol. The quantitative estimate of drug-likeness (QED) is 0.423. The lowest BCUT2D eigenvalue weighted by Crippen LogP contribution is -2.40. The second kappa shape index (κ2) is 10.4. The summed E-state index contributed by atoms with van der Waals surface area (Å²) in [5, 5.41) is 6.69. The van der Waals surface area contributed by atoms with Crippen molar-refractivity contribution in [3.05, 3.63) is 64.4 Å². The van der Waals surface area contributed by atoms with Crippen molar-refractivity contribution in [2.75, 3.05) is 43.5 Å². The predicted molar refractivity (Wildman–Crippen MR) is 132 cm³/mol. The molecule has 0 bridgehead atoms. The molecule has 2 heterocycles. The number of para-hydroxylation sites is 1. The molecule has 1 aliphatic heterocycles. The molecule has 1 fully saturated rings. The molecule has 2 aromatic carbocycles. The highest BCUT2D eigenvalue weighted by Crippen LogP contribution is 2.29. The lowest BCUT2D eigenvalue weighted by atomic mass is 10.1. The molecule has 3 aromatic rings. The highest BCUT2D eigenvalue weighted by Gasteiger charge is 2.27. The molecule has 4 rings (SSSR count). The van der Waals surface area contributed by atoms with Crippen molar-refractivity contribution in [3.63, 3.8) is 0 Å². The fourth-order valence-electron chi connectivity index (χ4n) is 3.86. The summed E-state index contributed by atoms with van der Waals surface area (Å²) in [4.78, 5) is 28.2. The first-order chi connectivity index (χ1) is 16.4. The zero-order valence-electron chi connectivity index (χ0n) is 19.0. The van der Waals surface area contributed by atoms with Crippen LogP contribution in [0.15, 0.2) is 58.2 Å². The molecular formula is C24H28N4O5S. The highest BCUT2D eigenvalue weighted by molar-refractivity contribution is 7.89. The van der Waals surface area contributed by atoms with Crippen LogP contribution in [-0.2, 0) is 14.8 Å². The number of carbonyl (C=O) groups is 1. The van der Waals surface area contributed by atoms with Crippen LogP contribution in [0, 0.1) is 0 Å². The topological polar surface area (TPSA) is 121 Å². The van der Waals surface area contributed by atoms with E-state index >= 15 is 0 Å². The van der Waals surface area contributed by atoms with Crippen LogP contribution in [-0.4, -0.2) is 56.5 Å². The van der Waals surface area contributed by atoms with Crippen LogP contribution in [0.5, 0.6) is 0 Å². The molecule has 10 heteroatoms. The molecule has 0 spiro atoms. The molecule has 0 unspecified atom stereocenters. The van der Waals surface area contributed by atoms with Gasteiger partial charge < -0.3 is 20.4 Å². The zero-order chi connectivity index (χ0) is 24.1. The second-order valence-corrected chi connectivity index (χ2v) is 9.99. The molecule has 1 aromatic heterocycles. The Balaban J connectivity index is 1.71. The zero-order valence-corrected chi connectivity index (χ0v) is 19.8. The van der Waals surface area contributed by atoms with Gasteiger partial charge in [-0.2, -0.15) is 4.31 Å². The molecule has 3 N–H and O–H groups in total. The second-order valence-electron chi connectivity index (χ2n) is 8.05. The van der Waals surface area contributed by atoms with E-state index in [0.29, 0.717) is 42.0 Å². The summed E-state index contributed by atoms with van der Waals surface area (Å²) in [6.07, 6.45) is 1.90. The Hall–Kier alpha value is -3.21. The minimum Gasteiger partial charge on any atom is -0.383 e. The number of H-pyrrole nitrogens is 1. The number of benzene rings is 2. The summed E-state index contributed by atoms with van der Waals surface area (Å²) >= 11 is 0. The first-order valence-corrected chi connectivity index (χ1v) is 12.7. The SMILES string of the molecule is CCCCNc1ccc(S(=O)(=O)N2CCOCC2)cc1NC(=O)c1cc(=O)[nH]c2ccccc12. The van der Waals surface area contributed by atoms with E-state index in [1.165, 1.54) is 22.5 Å². The van der Waals surface area contributed by atoms with Crippen molar-refractivity contribution in [2.45, 2.75) is 24.7 Å². The number of nitrogens with zero attached hydrogens (tertiary/aromatic N) is 1. The summed E-state index contributed by atoms with van der Waals surface area (Å²) in [5.41, 5.74) is 1.30.